The van der Waals surface area contributed by atoms with E-state index in [1.165, 1.54) is 12.5 Å². The van der Waals surface area contributed by atoms with Crippen LogP contribution in [0.3, 0.4) is 0 Å². The van der Waals surface area contributed by atoms with E-state index < -0.39 is 109 Å². The molecule has 0 spiro atoms. The molecule has 0 bridgehead atoms. The summed E-state index contributed by atoms with van der Waals surface area (Å²) < 4.78 is 0. The average Bonchev–Trinajstić information content (AvgIpc) is 4.09. The maximum atomic E-state index is 14.6. The summed E-state index contributed by atoms with van der Waals surface area (Å²) in [7, 11) is 0. The summed E-state index contributed by atoms with van der Waals surface area (Å²) in [5.74, 6) is -6.96. The highest BCUT2D eigenvalue weighted by molar-refractivity contribution is 5.98. The molecule has 77 heavy (non-hydrogen) atoms. The van der Waals surface area contributed by atoms with Crippen LogP contribution in [0.5, 0.6) is 0 Å². The van der Waals surface area contributed by atoms with Crippen LogP contribution in [0.4, 0.5) is 0 Å². The quantitative estimate of drug-likeness (QED) is 0.0127. The van der Waals surface area contributed by atoms with Crippen LogP contribution in [0.25, 0.3) is 21.7 Å². The highest BCUT2D eigenvalue weighted by Gasteiger charge is 2.33. The number of aromatic amines is 2. The van der Waals surface area contributed by atoms with Crippen molar-refractivity contribution in [3.8, 4) is 0 Å². The number of imidazole rings is 1. The second-order valence-electron chi connectivity index (χ2n) is 18.9. The molecule has 25 nitrogen and oxygen atoms in total. The number of aliphatic hydroxyl groups is 1. The fraction of sp³-hybridized carbons (Fsp3) is 0.423. The number of nitrogens with two attached hydrogens (primary N) is 5. The molecule has 2 heterocycles. The van der Waals surface area contributed by atoms with Gasteiger partial charge in [0.2, 0.25) is 47.3 Å². The first-order valence-corrected chi connectivity index (χ1v) is 25.4. The summed E-state index contributed by atoms with van der Waals surface area (Å²) in [6, 6.07) is 11.4. The number of aromatic nitrogens is 3. The summed E-state index contributed by atoms with van der Waals surface area (Å²) in [6.45, 7) is 2.11. The van der Waals surface area contributed by atoms with Crippen LogP contribution in [-0.4, -0.2) is 142 Å². The second kappa shape index (κ2) is 29.6. The van der Waals surface area contributed by atoms with Gasteiger partial charge in [-0.25, -0.2) is 4.98 Å². The maximum Gasteiger partial charge on any atom is 0.245 e. The molecule has 0 radical (unpaired) electrons. The summed E-state index contributed by atoms with van der Waals surface area (Å²) >= 11 is 0. The first kappa shape index (κ1) is 59.5. The number of nitrogens with zero attached hydrogens (tertiary/aromatic N) is 2. The first-order valence-electron chi connectivity index (χ1n) is 25.4. The van der Waals surface area contributed by atoms with Gasteiger partial charge in [-0.3, -0.25) is 43.3 Å². The van der Waals surface area contributed by atoms with E-state index in [0.717, 1.165) is 27.2 Å². The number of para-hydroxylation sites is 1. The Morgan fingerprint density at radius 1 is 0.636 bits per heavy atom. The van der Waals surface area contributed by atoms with Crippen LogP contribution in [0.1, 0.15) is 62.8 Å². The number of aliphatic imine (C=N–C) groups is 1. The Morgan fingerprint density at radius 3 is 1.91 bits per heavy atom. The number of carbonyl (C=O) groups excluding carboxylic acids is 8. The zero-order chi connectivity index (χ0) is 56.0. The van der Waals surface area contributed by atoms with Gasteiger partial charge in [0.15, 0.2) is 5.96 Å². The van der Waals surface area contributed by atoms with Crippen molar-refractivity contribution in [1.29, 1.82) is 0 Å². The topological polar surface area (TPSA) is 428 Å². The van der Waals surface area contributed by atoms with Crippen LogP contribution >= 0.6 is 0 Å². The molecule has 0 unspecified atom stereocenters. The lowest BCUT2D eigenvalue weighted by Crippen LogP contribution is -2.59. The predicted octanol–water partition coefficient (Wildman–Crippen LogP) is -2.26. The number of hydrogen-bond acceptors (Lipinski definition) is 13. The van der Waals surface area contributed by atoms with Gasteiger partial charge >= 0.3 is 0 Å². The lowest BCUT2D eigenvalue weighted by molar-refractivity contribution is -0.135. The molecule has 3 aromatic carbocycles. The number of hydrogen-bond donors (Lipinski definition) is 15. The van der Waals surface area contributed by atoms with Gasteiger partial charge in [0.25, 0.3) is 0 Å². The number of rotatable bonds is 31. The molecule has 25 heteroatoms. The van der Waals surface area contributed by atoms with Crippen molar-refractivity contribution < 1.29 is 43.5 Å². The Bertz CT molecular complexity index is 2830. The van der Waals surface area contributed by atoms with E-state index in [1.54, 1.807) is 26.1 Å². The SMILES string of the molecule is CC(C)[C@H](NC(=O)[C@H](CO)NC(=O)[C@H](CCCCN)NC(=O)CNC(=O)[C@H](Cc1c[nH]c2ccccc12)NC(=O)[C@H](CCCN=C(N)N)NC(=O)[C@@H](Cc1cccc2ccccc12)NC(=O)[C@@H](N)Cc1cnc[nH]1)C(N)=O. The number of guanidine groups is 1. The molecule has 0 aliphatic heterocycles. The van der Waals surface area contributed by atoms with Gasteiger partial charge in [-0.2, -0.15) is 0 Å². The molecule has 5 rings (SSSR count). The second-order valence-corrected chi connectivity index (χ2v) is 18.9. The summed E-state index contributed by atoms with van der Waals surface area (Å²) in [6.07, 6.45) is 5.67. The van der Waals surface area contributed by atoms with Gasteiger partial charge in [-0.15, -0.1) is 0 Å². The van der Waals surface area contributed by atoms with Gasteiger partial charge in [-0.1, -0.05) is 74.5 Å². The molecule has 7 atom stereocenters. The van der Waals surface area contributed by atoms with Gasteiger partial charge in [0.1, 0.15) is 36.3 Å². The number of aliphatic hydroxyl groups excluding tert-OH is 1. The smallest absolute Gasteiger partial charge is 0.245 e. The fourth-order valence-corrected chi connectivity index (χ4v) is 8.54. The number of fused-ring (bicyclic) bond motifs is 2. The minimum atomic E-state index is -1.52. The number of primary amides is 1. The van der Waals surface area contributed by atoms with Crippen LogP contribution in [0.2, 0.25) is 0 Å². The van der Waals surface area contributed by atoms with Crippen molar-refractivity contribution >= 4 is 74.9 Å². The molecule has 0 saturated carbocycles. The van der Waals surface area contributed by atoms with Crippen molar-refractivity contribution in [3.63, 3.8) is 0 Å². The zero-order valence-electron chi connectivity index (χ0n) is 43.2. The molecule has 0 aliphatic carbocycles. The normalized spacial score (nSPS) is 13.9. The molecule has 2 aromatic heterocycles. The fourth-order valence-electron chi connectivity index (χ4n) is 8.54. The number of H-pyrrole nitrogens is 2. The Labute approximate surface area is 444 Å². The number of carbonyl (C=O) groups is 8. The van der Waals surface area contributed by atoms with Crippen LogP contribution in [0.15, 0.2) is 90.4 Å². The van der Waals surface area contributed by atoms with Crippen molar-refractivity contribution in [3.05, 3.63) is 102 Å². The molecule has 414 valence electrons. The standard InChI is InChI=1S/C52H72N16O9/c1-29(2)44(45(55)71)68-51(77)42(27-69)67-48(74)38(17-7-8-19-53)63-43(70)26-61-47(73)40(22-32-24-60-37-16-6-5-15-35(32)37)66-49(75)39(18-10-20-59-52(56)57)64-50(76)41(65-46(72)36(54)23-33-25-58-28-62-33)21-31-13-9-12-30-11-3-4-14-34(30)31/h3-6,9,11-16,24-25,28-29,36,38-42,44,60,69H,7-8,10,17-23,26-27,53-54H2,1-2H3,(H2,55,71)(H,58,62)(H,61,73)(H,63,70)(H,64,76)(H,65,72)(H,66,75)(H,67,74)(H,68,77)(H4,56,57,59)/t36-,38-,39-,40-,41+,42-,44-/m0/s1. The van der Waals surface area contributed by atoms with Crippen LogP contribution in [-0.2, 0) is 57.6 Å². The third kappa shape index (κ3) is 18.1. The number of nitrogens with one attached hydrogen (secondary N) is 9. The molecule has 0 aliphatic rings. The molecule has 5 aromatic rings. The van der Waals surface area contributed by atoms with Gasteiger partial charge in [0, 0.05) is 54.8 Å². The maximum absolute atomic E-state index is 14.6. The summed E-state index contributed by atoms with van der Waals surface area (Å²) in [5, 5.41) is 30.8. The van der Waals surface area contributed by atoms with E-state index in [1.807, 2.05) is 60.7 Å². The van der Waals surface area contributed by atoms with Gasteiger partial charge < -0.3 is 81.0 Å². The predicted molar refractivity (Wildman–Crippen MR) is 288 cm³/mol. The third-order valence-corrected chi connectivity index (χ3v) is 12.7. The number of benzene rings is 3. The van der Waals surface area contributed by atoms with Gasteiger partial charge in [-0.05, 0) is 72.5 Å². The summed E-state index contributed by atoms with van der Waals surface area (Å²) in [4.78, 5) is 123. The molecular weight excluding hydrogens is 993 g/mol. The summed E-state index contributed by atoms with van der Waals surface area (Å²) in [5.41, 5.74) is 31.3. The Morgan fingerprint density at radius 2 is 1.23 bits per heavy atom. The number of amides is 8. The molecule has 0 saturated heterocycles. The number of unbranched alkanes of at least 4 members (excludes halogenated alkanes) is 1. The lowest BCUT2D eigenvalue weighted by atomic mass is 9.97. The zero-order valence-corrected chi connectivity index (χ0v) is 43.2. The average molecular weight is 1070 g/mol. The molecule has 0 fully saturated rings. The van der Waals surface area contributed by atoms with E-state index in [0.29, 0.717) is 24.1 Å². The largest absolute Gasteiger partial charge is 0.394 e. The Kier molecular flexibility index (Phi) is 22.9. The minimum Gasteiger partial charge on any atom is -0.394 e. The van der Waals surface area contributed by atoms with E-state index in [2.05, 4.69) is 57.2 Å². The Hall–Kier alpha value is -8.42. The first-order chi connectivity index (χ1) is 36.9. The minimum absolute atomic E-state index is 0.00569. The van der Waals surface area contributed by atoms with Crippen molar-refractivity contribution in [2.75, 3.05) is 26.2 Å². The van der Waals surface area contributed by atoms with Crippen molar-refractivity contribution in [2.45, 2.75) is 108 Å². The Balaban J connectivity index is 1.38. The van der Waals surface area contributed by atoms with Crippen molar-refractivity contribution in [2.24, 2.45) is 39.6 Å². The molecule has 20 N–H and O–H groups in total. The highest BCUT2D eigenvalue weighted by atomic mass is 16.3. The van der Waals surface area contributed by atoms with Gasteiger partial charge in [0.05, 0.1) is 25.5 Å². The van der Waals surface area contributed by atoms with Crippen LogP contribution < -0.4 is 65.9 Å². The van der Waals surface area contributed by atoms with E-state index in [-0.39, 0.29) is 57.6 Å². The van der Waals surface area contributed by atoms with E-state index in [9.17, 15) is 43.5 Å². The van der Waals surface area contributed by atoms with Crippen LogP contribution in [0, 0.1) is 5.92 Å². The lowest BCUT2D eigenvalue weighted by Gasteiger charge is -2.26. The van der Waals surface area contributed by atoms with E-state index in [4.69, 9.17) is 28.7 Å². The highest BCUT2D eigenvalue weighted by Crippen LogP contribution is 2.22. The third-order valence-electron chi connectivity index (χ3n) is 12.7. The van der Waals surface area contributed by atoms with Crippen molar-refractivity contribution in [1.82, 2.24) is 52.2 Å². The monoisotopic (exact) mass is 1060 g/mol. The molecular formula is C52H72N16O9. The van der Waals surface area contributed by atoms with E-state index >= 15 is 0 Å². The molecule has 8 amide bonds.